The number of carbonyl (C=O) groups is 2. The first-order chi connectivity index (χ1) is 9.54. The number of Topliss-reactive ketones (excluding diaryl/α,β-unsaturated/α-hetero) is 1. The van der Waals surface area contributed by atoms with E-state index in [1.54, 1.807) is 23.7 Å². The minimum atomic E-state index is -0.364. The smallest absolute Gasteiger partial charge is 0.284 e. The molecule has 1 amide bonds. The number of hydrogen-bond acceptors (Lipinski definition) is 5. The summed E-state index contributed by atoms with van der Waals surface area (Å²) in [6.45, 7) is 1.44. The van der Waals surface area contributed by atoms with Crippen molar-refractivity contribution in [2.45, 2.75) is 6.92 Å². The fourth-order valence-electron chi connectivity index (χ4n) is 1.63. The molecule has 0 unspecified atom stereocenters. The van der Waals surface area contributed by atoms with Crippen LogP contribution in [0.1, 0.15) is 27.1 Å². The van der Waals surface area contributed by atoms with Gasteiger partial charge in [0.25, 0.3) is 5.91 Å². The van der Waals surface area contributed by atoms with Crippen molar-refractivity contribution in [3.8, 4) is 5.75 Å². The van der Waals surface area contributed by atoms with Gasteiger partial charge in [0.1, 0.15) is 5.75 Å². The number of carbonyl (C=O) groups excluding carboxylic acids is 2. The third kappa shape index (κ3) is 2.88. The van der Waals surface area contributed by atoms with Crippen molar-refractivity contribution in [3.05, 3.63) is 38.8 Å². The molecule has 2 rings (SSSR count). The van der Waals surface area contributed by atoms with E-state index in [1.165, 1.54) is 25.4 Å². The molecule has 0 fully saturated rings. The molecule has 1 N–H and O–H groups in total. The van der Waals surface area contributed by atoms with Gasteiger partial charge in [0.2, 0.25) is 0 Å². The van der Waals surface area contributed by atoms with Gasteiger partial charge in [0.15, 0.2) is 10.8 Å². The van der Waals surface area contributed by atoms with Crippen LogP contribution >= 0.6 is 27.3 Å². The Hall–Kier alpha value is -1.73. The minimum absolute atomic E-state index is 0.150. The fraction of sp³-hybridized carbons (Fsp3) is 0.154. The Labute approximate surface area is 128 Å². The quantitative estimate of drug-likeness (QED) is 0.854. The molecule has 0 saturated heterocycles. The Morgan fingerprint density at radius 1 is 1.40 bits per heavy atom. The second-order valence-electron chi connectivity index (χ2n) is 3.85. The number of thiazole rings is 1. The highest BCUT2D eigenvalue weighted by Crippen LogP contribution is 2.36. The second kappa shape index (κ2) is 6.15. The highest BCUT2D eigenvalue weighted by molar-refractivity contribution is 9.10. The first-order valence-electron chi connectivity index (χ1n) is 5.63. The van der Waals surface area contributed by atoms with Gasteiger partial charge >= 0.3 is 0 Å². The number of rotatable bonds is 4. The van der Waals surface area contributed by atoms with Gasteiger partial charge in [-0.1, -0.05) is 0 Å². The molecule has 0 aliphatic carbocycles. The van der Waals surface area contributed by atoms with Crippen molar-refractivity contribution in [1.29, 1.82) is 0 Å². The summed E-state index contributed by atoms with van der Waals surface area (Å²) in [6, 6.07) is 3.28. The number of halogens is 1. The molecule has 20 heavy (non-hydrogen) atoms. The van der Waals surface area contributed by atoms with E-state index in [0.29, 0.717) is 26.5 Å². The lowest BCUT2D eigenvalue weighted by Gasteiger charge is -2.13. The number of benzene rings is 1. The molecule has 7 heteroatoms. The second-order valence-corrected chi connectivity index (χ2v) is 5.54. The van der Waals surface area contributed by atoms with Gasteiger partial charge < -0.3 is 10.1 Å². The lowest BCUT2D eigenvalue weighted by atomic mass is 10.1. The van der Waals surface area contributed by atoms with Gasteiger partial charge in [-0.3, -0.25) is 9.59 Å². The van der Waals surface area contributed by atoms with Gasteiger partial charge in [0, 0.05) is 17.1 Å². The predicted molar refractivity (Wildman–Crippen MR) is 80.8 cm³/mol. The number of aromatic nitrogens is 1. The summed E-state index contributed by atoms with van der Waals surface area (Å²) in [5.41, 5.74) is 0.791. The summed E-state index contributed by atoms with van der Waals surface area (Å²) < 4.78 is 5.70. The van der Waals surface area contributed by atoms with Crippen LogP contribution in [0.25, 0.3) is 0 Å². The maximum Gasteiger partial charge on any atom is 0.284 e. The Morgan fingerprint density at radius 2 is 2.15 bits per heavy atom. The molecule has 0 bridgehead atoms. The van der Waals surface area contributed by atoms with E-state index in [0.717, 1.165) is 0 Å². The molecule has 0 atom stereocenters. The summed E-state index contributed by atoms with van der Waals surface area (Å²) in [7, 11) is 1.51. The normalized spacial score (nSPS) is 10.2. The number of hydrogen-bond donors (Lipinski definition) is 1. The summed E-state index contributed by atoms with van der Waals surface area (Å²) in [6.07, 6.45) is 1.55. The minimum Gasteiger partial charge on any atom is -0.495 e. The molecule has 1 aromatic carbocycles. The molecule has 2 aromatic rings. The van der Waals surface area contributed by atoms with Crippen molar-refractivity contribution >= 4 is 44.6 Å². The van der Waals surface area contributed by atoms with Crippen LogP contribution in [-0.4, -0.2) is 23.8 Å². The average Bonchev–Trinajstić information content (AvgIpc) is 2.94. The van der Waals surface area contributed by atoms with Crippen molar-refractivity contribution < 1.29 is 14.3 Å². The number of nitrogens with zero attached hydrogens (tertiary/aromatic N) is 1. The van der Waals surface area contributed by atoms with Crippen LogP contribution in [0, 0.1) is 0 Å². The lowest BCUT2D eigenvalue weighted by Crippen LogP contribution is -2.15. The Balaban J connectivity index is 2.43. The molecule has 0 saturated carbocycles. The van der Waals surface area contributed by atoms with Gasteiger partial charge in [-0.15, -0.1) is 11.3 Å². The summed E-state index contributed by atoms with van der Waals surface area (Å²) in [4.78, 5) is 27.7. The van der Waals surface area contributed by atoms with E-state index in [2.05, 4.69) is 26.2 Å². The number of anilines is 1. The van der Waals surface area contributed by atoms with Crippen molar-refractivity contribution in [2.24, 2.45) is 0 Å². The molecular weight excluding hydrogens is 344 g/mol. The zero-order valence-corrected chi connectivity index (χ0v) is 13.2. The molecule has 104 valence electrons. The highest BCUT2D eigenvalue weighted by Gasteiger charge is 2.18. The Morgan fingerprint density at radius 3 is 2.70 bits per heavy atom. The predicted octanol–water partition coefficient (Wildman–Crippen LogP) is 3.37. The monoisotopic (exact) mass is 354 g/mol. The third-order valence-electron chi connectivity index (χ3n) is 2.57. The molecule has 1 heterocycles. The Bertz CT molecular complexity index is 656. The molecule has 0 spiro atoms. The SMILES string of the molecule is COc1ccc(C(C)=O)c(NC(=O)c2nccs2)c1Br. The van der Waals surface area contributed by atoms with Crippen molar-refractivity contribution in [1.82, 2.24) is 4.98 Å². The Kier molecular flexibility index (Phi) is 4.51. The molecule has 0 radical (unpaired) electrons. The first kappa shape index (κ1) is 14.7. The van der Waals surface area contributed by atoms with Crippen molar-refractivity contribution in [2.75, 3.05) is 12.4 Å². The maximum atomic E-state index is 12.1. The number of nitrogens with one attached hydrogen (secondary N) is 1. The van der Waals surface area contributed by atoms with E-state index < -0.39 is 0 Å². The molecular formula is C13H11BrN2O3S. The van der Waals surface area contributed by atoms with Gasteiger partial charge in [0.05, 0.1) is 17.3 Å². The van der Waals surface area contributed by atoms with Crippen molar-refractivity contribution in [3.63, 3.8) is 0 Å². The molecule has 0 aliphatic rings. The average molecular weight is 355 g/mol. The van der Waals surface area contributed by atoms with E-state index in [4.69, 9.17) is 4.74 Å². The summed E-state index contributed by atoms with van der Waals surface area (Å²) in [5, 5.41) is 4.74. The maximum absolute atomic E-state index is 12.1. The first-order valence-corrected chi connectivity index (χ1v) is 7.30. The molecule has 1 aromatic heterocycles. The molecule has 0 aliphatic heterocycles. The van der Waals surface area contributed by atoms with E-state index in [9.17, 15) is 9.59 Å². The van der Waals surface area contributed by atoms with Crippen LogP contribution in [-0.2, 0) is 0 Å². The zero-order chi connectivity index (χ0) is 14.7. The largest absolute Gasteiger partial charge is 0.495 e. The zero-order valence-electron chi connectivity index (χ0n) is 10.8. The number of ether oxygens (including phenoxy) is 1. The van der Waals surface area contributed by atoms with E-state index >= 15 is 0 Å². The van der Waals surface area contributed by atoms with Crippen LogP contribution in [0.3, 0.4) is 0 Å². The van der Waals surface area contributed by atoms with E-state index in [1.807, 2.05) is 0 Å². The number of amides is 1. The van der Waals surface area contributed by atoms with Crippen LogP contribution in [0.4, 0.5) is 5.69 Å². The number of ketones is 1. The number of methoxy groups -OCH3 is 1. The van der Waals surface area contributed by atoms with Gasteiger partial charge in [-0.25, -0.2) is 4.98 Å². The fourth-order valence-corrected chi connectivity index (χ4v) is 2.77. The lowest BCUT2D eigenvalue weighted by molar-refractivity contribution is 0.101. The summed E-state index contributed by atoms with van der Waals surface area (Å²) in [5.74, 6) is 0.0173. The van der Waals surface area contributed by atoms with Gasteiger partial charge in [-0.05, 0) is 35.0 Å². The van der Waals surface area contributed by atoms with E-state index in [-0.39, 0.29) is 11.7 Å². The third-order valence-corrected chi connectivity index (χ3v) is 4.13. The van der Waals surface area contributed by atoms with Crippen LogP contribution in [0.2, 0.25) is 0 Å². The molecule has 5 nitrogen and oxygen atoms in total. The highest BCUT2D eigenvalue weighted by atomic mass is 79.9. The van der Waals surface area contributed by atoms with Crippen LogP contribution < -0.4 is 10.1 Å². The van der Waals surface area contributed by atoms with Gasteiger partial charge in [-0.2, -0.15) is 0 Å². The summed E-state index contributed by atoms with van der Waals surface area (Å²) >= 11 is 4.57. The topological polar surface area (TPSA) is 68.3 Å². The van der Waals surface area contributed by atoms with Crippen LogP contribution in [0.15, 0.2) is 28.2 Å². The van der Waals surface area contributed by atoms with Crippen LogP contribution in [0.5, 0.6) is 5.75 Å². The standard InChI is InChI=1S/C13H11BrN2O3S/c1-7(17)8-3-4-9(19-2)10(14)11(8)16-12(18)13-15-5-6-20-13/h3-6H,1-2H3,(H,16,18).